The van der Waals surface area contributed by atoms with Gasteiger partial charge in [-0.2, -0.15) is 0 Å². The van der Waals surface area contributed by atoms with Crippen molar-refractivity contribution in [1.82, 2.24) is 5.32 Å². The number of hydrogen-bond acceptors (Lipinski definition) is 3. The monoisotopic (exact) mass is 307 g/mol. The van der Waals surface area contributed by atoms with Crippen molar-refractivity contribution >= 4 is 23.6 Å². The molecule has 0 radical (unpaired) electrons. The molecular formula is C16H18ClNO3. The molecule has 0 aliphatic carbocycles. The Morgan fingerprint density at radius 1 is 1.52 bits per heavy atom. The Morgan fingerprint density at radius 2 is 2.33 bits per heavy atom. The molecule has 21 heavy (non-hydrogen) atoms. The van der Waals surface area contributed by atoms with Gasteiger partial charge in [0.15, 0.2) is 0 Å². The summed E-state index contributed by atoms with van der Waals surface area (Å²) in [6.07, 6.45) is 1.80. The molecular weight excluding hydrogens is 290 g/mol. The summed E-state index contributed by atoms with van der Waals surface area (Å²) < 4.78 is 10.9. The first kappa shape index (κ1) is 15.6. The normalized spacial score (nSPS) is 13.0. The van der Waals surface area contributed by atoms with Gasteiger partial charge in [0.1, 0.15) is 12.4 Å². The van der Waals surface area contributed by atoms with Gasteiger partial charge in [0.2, 0.25) is 0 Å². The molecule has 0 fully saturated rings. The van der Waals surface area contributed by atoms with Crippen molar-refractivity contribution in [3.63, 3.8) is 0 Å². The van der Waals surface area contributed by atoms with Crippen LogP contribution in [0.4, 0.5) is 0 Å². The van der Waals surface area contributed by atoms with Crippen molar-refractivity contribution in [1.29, 1.82) is 0 Å². The number of nitrogens with one attached hydrogen (secondary N) is 1. The van der Waals surface area contributed by atoms with Crippen molar-refractivity contribution < 1.29 is 14.3 Å². The van der Waals surface area contributed by atoms with Gasteiger partial charge in [-0.25, -0.2) is 0 Å². The van der Waals surface area contributed by atoms with Crippen molar-refractivity contribution in [2.45, 2.75) is 6.92 Å². The summed E-state index contributed by atoms with van der Waals surface area (Å²) in [6.45, 7) is 7.30. The summed E-state index contributed by atoms with van der Waals surface area (Å²) in [5, 5.41) is 3.41. The maximum absolute atomic E-state index is 12.0. The highest BCUT2D eigenvalue weighted by molar-refractivity contribution is 6.30. The Labute approximate surface area is 129 Å². The van der Waals surface area contributed by atoms with Crippen molar-refractivity contribution in [3.8, 4) is 5.75 Å². The van der Waals surface area contributed by atoms with Crippen molar-refractivity contribution in [2.24, 2.45) is 0 Å². The van der Waals surface area contributed by atoms with Gasteiger partial charge in [-0.1, -0.05) is 23.8 Å². The van der Waals surface area contributed by atoms with Crippen LogP contribution in [0.1, 0.15) is 12.5 Å². The highest BCUT2D eigenvalue weighted by atomic mass is 35.5. The molecule has 112 valence electrons. The number of halogens is 1. The predicted molar refractivity (Wildman–Crippen MR) is 83.6 cm³/mol. The van der Waals surface area contributed by atoms with E-state index in [2.05, 4.69) is 11.9 Å². The molecule has 5 heteroatoms. The molecule has 4 nitrogen and oxygen atoms in total. The molecule has 2 rings (SSSR count). The maximum Gasteiger partial charge on any atom is 0.250 e. The molecule has 1 aromatic rings. The lowest BCUT2D eigenvalue weighted by Crippen LogP contribution is -2.31. The van der Waals surface area contributed by atoms with E-state index in [1.54, 1.807) is 24.3 Å². The van der Waals surface area contributed by atoms with Crippen LogP contribution in [-0.2, 0) is 9.53 Å². The minimum Gasteiger partial charge on any atom is -0.488 e. The van der Waals surface area contributed by atoms with Crippen LogP contribution in [0, 0.1) is 0 Å². The van der Waals surface area contributed by atoms with Crippen LogP contribution in [0.15, 0.2) is 35.9 Å². The van der Waals surface area contributed by atoms with E-state index in [1.165, 1.54) is 0 Å². The largest absolute Gasteiger partial charge is 0.488 e. The third-order valence-electron chi connectivity index (χ3n) is 2.86. The number of benzene rings is 1. The third-order valence-corrected chi connectivity index (χ3v) is 3.09. The number of fused-ring (bicyclic) bond motifs is 1. The fourth-order valence-corrected chi connectivity index (χ4v) is 2.06. The van der Waals surface area contributed by atoms with Gasteiger partial charge >= 0.3 is 0 Å². The summed E-state index contributed by atoms with van der Waals surface area (Å²) in [4.78, 5) is 12.0. The smallest absolute Gasteiger partial charge is 0.250 e. The minimum atomic E-state index is -0.153. The third kappa shape index (κ3) is 4.62. The zero-order valence-electron chi connectivity index (χ0n) is 11.9. The maximum atomic E-state index is 12.0. The van der Waals surface area contributed by atoms with E-state index in [9.17, 15) is 4.79 Å². The van der Waals surface area contributed by atoms with Gasteiger partial charge in [0.25, 0.3) is 5.91 Å². The first-order valence-electron chi connectivity index (χ1n) is 6.69. The molecule has 0 saturated carbocycles. The van der Waals surface area contributed by atoms with E-state index in [4.69, 9.17) is 21.1 Å². The lowest BCUT2D eigenvalue weighted by Gasteiger charge is -2.17. The summed E-state index contributed by atoms with van der Waals surface area (Å²) >= 11 is 5.94. The van der Waals surface area contributed by atoms with E-state index < -0.39 is 0 Å². The van der Waals surface area contributed by atoms with Crippen LogP contribution in [0.5, 0.6) is 5.75 Å². The number of carbonyl (C=O) groups excluding carboxylic acids is 1. The van der Waals surface area contributed by atoms with Gasteiger partial charge in [0.05, 0.1) is 18.8 Å². The van der Waals surface area contributed by atoms with E-state index in [1.807, 2.05) is 6.92 Å². The second kappa shape index (κ2) is 7.29. The average molecular weight is 308 g/mol. The first-order chi connectivity index (χ1) is 10.1. The van der Waals surface area contributed by atoms with E-state index in [0.717, 1.165) is 16.9 Å². The number of amides is 1. The molecule has 0 spiro atoms. The molecule has 0 aromatic heterocycles. The van der Waals surface area contributed by atoms with E-state index >= 15 is 0 Å². The highest BCUT2D eigenvalue weighted by Crippen LogP contribution is 2.28. The van der Waals surface area contributed by atoms with Crippen LogP contribution in [-0.4, -0.2) is 32.3 Å². The number of carbonyl (C=O) groups is 1. The molecule has 1 N–H and O–H groups in total. The molecule has 1 heterocycles. The zero-order chi connectivity index (χ0) is 15.2. The average Bonchev–Trinajstić information content (AvgIpc) is 2.45. The lowest BCUT2D eigenvalue weighted by molar-refractivity contribution is -0.118. The zero-order valence-corrected chi connectivity index (χ0v) is 12.7. The fraction of sp³-hybridized carbons (Fsp3) is 0.312. The molecule has 1 aliphatic heterocycles. The molecule has 1 aliphatic rings. The van der Waals surface area contributed by atoms with Crippen LogP contribution >= 0.6 is 11.6 Å². The van der Waals surface area contributed by atoms with Gasteiger partial charge in [-0.05, 0) is 31.2 Å². The fourth-order valence-electron chi connectivity index (χ4n) is 1.88. The molecule has 0 saturated heterocycles. The SMILES string of the molecule is C=C(C)COCCNC(=O)C1=Cc2cc(Cl)ccc2OC1. The summed E-state index contributed by atoms with van der Waals surface area (Å²) in [5.41, 5.74) is 2.35. The number of ether oxygens (including phenoxy) is 2. The molecule has 0 unspecified atom stereocenters. The van der Waals surface area contributed by atoms with E-state index in [0.29, 0.717) is 30.4 Å². The van der Waals surface area contributed by atoms with Crippen molar-refractivity contribution in [3.05, 3.63) is 46.5 Å². The number of hydrogen-bond donors (Lipinski definition) is 1. The van der Waals surface area contributed by atoms with Crippen molar-refractivity contribution in [2.75, 3.05) is 26.4 Å². The summed E-state index contributed by atoms with van der Waals surface area (Å²) in [6, 6.07) is 5.34. The molecule has 1 amide bonds. The molecule has 0 bridgehead atoms. The second-order valence-corrected chi connectivity index (χ2v) is 5.34. The van der Waals surface area contributed by atoms with Crippen LogP contribution < -0.4 is 10.1 Å². The van der Waals surface area contributed by atoms with Gasteiger partial charge in [-0.15, -0.1) is 0 Å². The van der Waals surface area contributed by atoms with E-state index in [-0.39, 0.29) is 12.5 Å². The van der Waals surface area contributed by atoms with Crippen LogP contribution in [0.2, 0.25) is 5.02 Å². The quantitative estimate of drug-likeness (QED) is 0.649. The summed E-state index contributed by atoms with van der Waals surface area (Å²) in [5.74, 6) is 0.584. The van der Waals surface area contributed by atoms with Gasteiger partial charge in [-0.3, -0.25) is 4.79 Å². The van der Waals surface area contributed by atoms with Crippen LogP contribution in [0.3, 0.4) is 0 Å². The first-order valence-corrected chi connectivity index (χ1v) is 7.07. The Balaban J connectivity index is 1.87. The number of rotatable bonds is 6. The minimum absolute atomic E-state index is 0.153. The molecule has 1 aromatic carbocycles. The summed E-state index contributed by atoms with van der Waals surface area (Å²) in [7, 11) is 0. The Hall–Kier alpha value is -1.78. The van der Waals surface area contributed by atoms with Crippen LogP contribution in [0.25, 0.3) is 6.08 Å². The Kier molecular flexibility index (Phi) is 5.42. The molecule has 0 atom stereocenters. The Bertz CT molecular complexity index is 581. The topological polar surface area (TPSA) is 47.6 Å². The Morgan fingerprint density at radius 3 is 3.10 bits per heavy atom. The lowest BCUT2D eigenvalue weighted by atomic mass is 10.1. The van der Waals surface area contributed by atoms with Gasteiger partial charge < -0.3 is 14.8 Å². The highest BCUT2D eigenvalue weighted by Gasteiger charge is 2.17. The standard InChI is InChI=1S/C16H18ClNO3/c1-11(2)9-20-6-5-18-16(19)13-7-12-8-14(17)3-4-15(12)21-10-13/h3-4,7-8H,1,5-6,9-10H2,2H3,(H,18,19). The van der Waals surface area contributed by atoms with Gasteiger partial charge in [0, 0.05) is 17.1 Å². The second-order valence-electron chi connectivity index (χ2n) is 4.91. The predicted octanol–water partition coefficient (Wildman–Crippen LogP) is 2.82.